The van der Waals surface area contributed by atoms with E-state index in [2.05, 4.69) is 24.3 Å². The SMILES string of the molecule is O=C(Cl)C1(c2ccc3ccccc3c2)CC1. The third kappa shape index (κ3) is 1.35. The molecule has 1 saturated carbocycles. The molecule has 0 aliphatic heterocycles. The summed E-state index contributed by atoms with van der Waals surface area (Å²) in [6, 6.07) is 14.3. The molecule has 2 heteroatoms. The summed E-state index contributed by atoms with van der Waals surface area (Å²) in [7, 11) is 0. The fourth-order valence-electron chi connectivity index (χ4n) is 2.21. The third-order valence-corrected chi connectivity index (χ3v) is 3.79. The van der Waals surface area contributed by atoms with Gasteiger partial charge in [0.05, 0.1) is 5.41 Å². The first-order chi connectivity index (χ1) is 7.72. The van der Waals surface area contributed by atoms with Crippen LogP contribution in [0.1, 0.15) is 18.4 Å². The van der Waals surface area contributed by atoms with E-state index in [-0.39, 0.29) is 10.7 Å². The summed E-state index contributed by atoms with van der Waals surface area (Å²) in [4.78, 5) is 11.4. The molecule has 0 atom stereocenters. The molecule has 0 bridgehead atoms. The molecule has 0 aromatic heterocycles. The van der Waals surface area contributed by atoms with Gasteiger partial charge >= 0.3 is 0 Å². The van der Waals surface area contributed by atoms with E-state index < -0.39 is 0 Å². The van der Waals surface area contributed by atoms with Gasteiger partial charge in [0, 0.05) is 0 Å². The number of carbonyl (C=O) groups is 1. The van der Waals surface area contributed by atoms with Crippen LogP contribution in [0.15, 0.2) is 42.5 Å². The quantitative estimate of drug-likeness (QED) is 0.720. The highest BCUT2D eigenvalue weighted by atomic mass is 35.5. The lowest BCUT2D eigenvalue weighted by Crippen LogP contribution is -2.14. The Morgan fingerprint density at radius 1 is 1.06 bits per heavy atom. The second-order valence-corrected chi connectivity index (χ2v) is 4.76. The summed E-state index contributed by atoms with van der Waals surface area (Å²) in [6.45, 7) is 0. The molecule has 1 aliphatic rings. The Labute approximate surface area is 99.0 Å². The molecule has 3 rings (SSSR count). The first kappa shape index (κ1) is 9.86. The Morgan fingerprint density at radius 3 is 2.38 bits per heavy atom. The minimum atomic E-state index is -0.383. The molecular formula is C14H11ClO. The third-order valence-electron chi connectivity index (χ3n) is 3.43. The number of benzene rings is 2. The predicted octanol–water partition coefficient (Wildman–Crippen LogP) is 3.64. The molecule has 1 fully saturated rings. The van der Waals surface area contributed by atoms with Crippen LogP contribution in [0.2, 0.25) is 0 Å². The molecule has 0 amide bonds. The molecular weight excluding hydrogens is 220 g/mol. The standard InChI is InChI=1S/C14H11ClO/c15-13(16)14(7-8-14)12-6-5-10-3-1-2-4-11(10)9-12/h1-6,9H,7-8H2. The van der Waals surface area contributed by atoms with Crippen LogP contribution in [-0.2, 0) is 10.2 Å². The molecule has 0 radical (unpaired) electrons. The zero-order valence-corrected chi connectivity index (χ0v) is 9.50. The number of halogens is 1. The Hall–Kier alpha value is -1.34. The van der Waals surface area contributed by atoms with Gasteiger partial charge in [0.15, 0.2) is 0 Å². The molecule has 0 N–H and O–H groups in total. The predicted molar refractivity (Wildman–Crippen MR) is 65.7 cm³/mol. The smallest absolute Gasteiger partial charge is 0.232 e. The maximum atomic E-state index is 11.4. The van der Waals surface area contributed by atoms with Crippen LogP contribution >= 0.6 is 11.6 Å². The maximum Gasteiger partial charge on any atom is 0.232 e. The molecule has 0 heterocycles. The van der Waals surface area contributed by atoms with Crippen molar-refractivity contribution in [3.05, 3.63) is 48.0 Å². The lowest BCUT2D eigenvalue weighted by atomic mass is 9.95. The summed E-state index contributed by atoms with van der Waals surface area (Å²) < 4.78 is 0. The molecule has 2 aromatic rings. The first-order valence-electron chi connectivity index (χ1n) is 5.42. The Balaban J connectivity index is 2.16. The van der Waals surface area contributed by atoms with Crippen molar-refractivity contribution in [3.8, 4) is 0 Å². The van der Waals surface area contributed by atoms with Gasteiger partial charge in [-0.2, -0.15) is 0 Å². The molecule has 0 unspecified atom stereocenters. The summed E-state index contributed by atoms with van der Waals surface area (Å²) in [6.07, 6.45) is 1.77. The highest BCUT2D eigenvalue weighted by molar-refractivity contribution is 6.66. The van der Waals surface area contributed by atoms with Gasteiger partial charge in [-0.1, -0.05) is 42.5 Å². The van der Waals surface area contributed by atoms with E-state index in [0.29, 0.717) is 0 Å². The van der Waals surface area contributed by atoms with Crippen molar-refractivity contribution in [1.82, 2.24) is 0 Å². The normalized spacial score (nSPS) is 17.3. The largest absolute Gasteiger partial charge is 0.280 e. The fourth-order valence-corrected chi connectivity index (χ4v) is 2.51. The number of hydrogen-bond acceptors (Lipinski definition) is 1. The second kappa shape index (κ2) is 3.33. The van der Waals surface area contributed by atoms with Gasteiger partial charge in [-0.05, 0) is 40.8 Å². The highest BCUT2D eigenvalue weighted by Gasteiger charge is 2.50. The van der Waals surface area contributed by atoms with Crippen LogP contribution < -0.4 is 0 Å². The molecule has 80 valence electrons. The van der Waals surface area contributed by atoms with Crippen molar-refractivity contribution in [2.24, 2.45) is 0 Å². The number of fused-ring (bicyclic) bond motifs is 1. The van der Waals surface area contributed by atoms with E-state index in [1.54, 1.807) is 0 Å². The van der Waals surface area contributed by atoms with E-state index in [9.17, 15) is 4.79 Å². The van der Waals surface area contributed by atoms with E-state index in [4.69, 9.17) is 11.6 Å². The van der Waals surface area contributed by atoms with E-state index in [1.807, 2.05) is 18.2 Å². The summed E-state index contributed by atoms with van der Waals surface area (Å²) in [5.41, 5.74) is 0.678. The van der Waals surface area contributed by atoms with Gasteiger partial charge in [0.25, 0.3) is 0 Å². The lowest BCUT2D eigenvalue weighted by Gasteiger charge is -2.11. The molecule has 1 aliphatic carbocycles. The van der Waals surface area contributed by atoms with Crippen LogP contribution in [-0.4, -0.2) is 5.24 Å². The zero-order valence-electron chi connectivity index (χ0n) is 8.74. The molecule has 1 nitrogen and oxygen atoms in total. The minimum Gasteiger partial charge on any atom is -0.280 e. The average Bonchev–Trinajstić information content (AvgIpc) is 3.09. The molecule has 16 heavy (non-hydrogen) atoms. The van der Waals surface area contributed by atoms with E-state index in [0.717, 1.165) is 18.4 Å². The van der Waals surface area contributed by atoms with Gasteiger partial charge in [-0.3, -0.25) is 4.79 Å². The van der Waals surface area contributed by atoms with Crippen LogP contribution in [0.3, 0.4) is 0 Å². The molecule has 0 spiro atoms. The van der Waals surface area contributed by atoms with Crippen molar-refractivity contribution in [2.75, 3.05) is 0 Å². The number of carbonyl (C=O) groups excluding carboxylic acids is 1. The highest BCUT2D eigenvalue weighted by Crippen LogP contribution is 2.50. The molecule has 0 saturated heterocycles. The Morgan fingerprint density at radius 2 is 1.75 bits per heavy atom. The monoisotopic (exact) mass is 230 g/mol. The minimum absolute atomic E-state index is 0.220. The maximum absolute atomic E-state index is 11.4. The van der Waals surface area contributed by atoms with E-state index in [1.165, 1.54) is 10.8 Å². The summed E-state index contributed by atoms with van der Waals surface area (Å²) in [5.74, 6) is 0. The van der Waals surface area contributed by atoms with Gasteiger partial charge < -0.3 is 0 Å². The van der Waals surface area contributed by atoms with Crippen molar-refractivity contribution < 1.29 is 4.79 Å². The average molecular weight is 231 g/mol. The summed E-state index contributed by atoms with van der Waals surface area (Å²) in [5, 5.41) is 2.15. The van der Waals surface area contributed by atoms with Crippen LogP contribution in [0.25, 0.3) is 10.8 Å². The van der Waals surface area contributed by atoms with Crippen LogP contribution in [0, 0.1) is 0 Å². The van der Waals surface area contributed by atoms with Crippen molar-refractivity contribution in [2.45, 2.75) is 18.3 Å². The Bertz CT molecular complexity index is 570. The van der Waals surface area contributed by atoms with Crippen LogP contribution in [0.4, 0.5) is 0 Å². The van der Waals surface area contributed by atoms with Crippen molar-refractivity contribution in [1.29, 1.82) is 0 Å². The van der Waals surface area contributed by atoms with Crippen molar-refractivity contribution >= 4 is 27.6 Å². The molecule has 2 aromatic carbocycles. The number of rotatable bonds is 2. The fraction of sp³-hybridized carbons (Fsp3) is 0.214. The summed E-state index contributed by atoms with van der Waals surface area (Å²) >= 11 is 5.68. The van der Waals surface area contributed by atoms with Crippen molar-refractivity contribution in [3.63, 3.8) is 0 Å². The topological polar surface area (TPSA) is 17.1 Å². The lowest BCUT2D eigenvalue weighted by molar-refractivity contribution is -0.113. The van der Waals surface area contributed by atoms with Gasteiger partial charge in [0.1, 0.15) is 0 Å². The van der Waals surface area contributed by atoms with Gasteiger partial charge in [-0.25, -0.2) is 0 Å². The number of hydrogen-bond donors (Lipinski definition) is 0. The first-order valence-corrected chi connectivity index (χ1v) is 5.79. The van der Waals surface area contributed by atoms with Gasteiger partial charge in [0.2, 0.25) is 5.24 Å². The zero-order chi connectivity index (χ0) is 11.2. The second-order valence-electron chi connectivity index (χ2n) is 4.42. The van der Waals surface area contributed by atoms with E-state index >= 15 is 0 Å². The van der Waals surface area contributed by atoms with Gasteiger partial charge in [-0.15, -0.1) is 0 Å². The Kier molecular flexibility index (Phi) is 2.05. The van der Waals surface area contributed by atoms with Crippen LogP contribution in [0.5, 0.6) is 0 Å².